The Morgan fingerprint density at radius 3 is 2.43 bits per heavy atom. The molecule has 120 valence electrons. The molecule has 5 nitrogen and oxygen atoms in total. The van der Waals surface area contributed by atoms with Crippen molar-refractivity contribution in [2.75, 3.05) is 13.7 Å². The number of rotatable bonds is 6. The largest absolute Gasteiger partial charge is 0.495 e. The van der Waals surface area contributed by atoms with Crippen LogP contribution in [0.25, 0.3) is 0 Å². The zero-order valence-corrected chi connectivity index (χ0v) is 14.4. The number of nitrogens with one attached hydrogen (secondary N) is 1. The van der Waals surface area contributed by atoms with Crippen LogP contribution >= 0.6 is 11.6 Å². The Hall–Kier alpha value is -0.820. The van der Waals surface area contributed by atoms with Crippen LogP contribution in [-0.2, 0) is 16.6 Å². The second kappa shape index (κ2) is 6.96. The highest BCUT2D eigenvalue weighted by Crippen LogP contribution is 2.31. The molecule has 0 aliphatic heterocycles. The number of sulfonamides is 1. The summed E-state index contributed by atoms with van der Waals surface area (Å²) >= 11 is 5.97. The molecule has 0 heterocycles. The van der Waals surface area contributed by atoms with Gasteiger partial charge in [-0.25, -0.2) is 13.1 Å². The lowest BCUT2D eigenvalue weighted by Gasteiger charge is -2.19. The zero-order chi connectivity index (χ0) is 16.3. The van der Waals surface area contributed by atoms with Crippen molar-refractivity contribution in [1.29, 1.82) is 0 Å². The normalized spacial score (nSPS) is 12.5. The van der Waals surface area contributed by atoms with Gasteiger partial charge in [0.2, 0.25) is 10.0 Å². The van der Waals surface area contributed by atoms with Crippen LogP contribution in [0.3, 0.4) is 0 Å². The summed E-state index contributed by atoms with van der Waals surface area (Å²) in [5.41, 5.74) is 6.21. The van der Waals surface area contributed by atoms with Crippen LogP contribution in [0, 0.1) is 5.41 Å². The third-order valence-electron chi connectivity index (χ3n) is 2.98. The number of nitrogens with two attached hydrogens (primary N) is 1. The van der Waals surface area contributed by atoms with Gasteiger partial charge in [0, 0.05) is 23.7 Å². The van der Waals surface area contributed by atoms with E-state index in [0.717, 1.165) is 6.42 Å². The van der Waals surface area contributed by atoms with Crippen molar-refractivity contribution < 1.29 is 13.2 Å². The van der Waals surface area contributed by atoms with Crippen LogP contribution < -0.4 is 15.2 Å². The van der Waals surface area contributed by atoms with Gasteiger partial charge in [-0.3, -0.25) is 0 Å². The minimum absolute atomic E-state index is 0.0202. The van der Waals surface area contributed by atoms with E-state index in [0.29, 0.717) is 17.1 Å². The summed E-state index contributed by atoms with van der Waals surface area (Å²) in [5.74, 6) is 0.241. The lowest BCUT2D eigenvalue weighted by molar-refractivity contribution is 0.377. The Balaban J connectivity index is 3.10. The number of hydrogen-bond acceptors (Lipinski definition) is 4. The highest BCUT2D eigenvalue weighted by molar-refractivity contribution is 7.89. The van der Waals surface area contributed by atoms with Gasteiger partial charge in [-0.2, -0.15) is 0 Å². The molecule has 0 saturated heterocycles. The number of halogens is 1. The maximum absolute atomic E-state index is 12.4. The predicted octanol–water partition coefficient (Wildman–Crippen LogP) is 2.52. The van der Waals surface area contributed by atoms with Crippen LogP contribution in [0.5, 0.6) is 5.75 Å². The van der Waals surface area contributed by atoms with Gasteiger partial charge in [-0.05, 0) is 24.0 Å². The smallest absolute Gasteiger partial charge is 0.244 e. The zero-order valence-electron chi connectivity index (χ0n) is 12.9. The Bertz CT molecular complexity index is 595. The van der Waals surface area contributed by atoms with Gasteiger partial charge in [-0.15, -0.1) is 0 Å². The second-order valence-corrected chi connectivity index (χ2v) is 8.18. The van der Waals surface area contributed by atoms with E-state index < -0.39 is 10.0 Å². The summed E-state index contributed by atoms with van der Waals surface area (Å²) in [6, 6.07) is 2.98. The third kappa shape index (κ3) is 5.14. The molecular formula is C14H23ClN2O3S. The molecule has 3 N–H and O–H groups in total. The van der Waals surface area contributed by atoms with E-state index in [1.54, 1.807) is 6.07 Å². The quantitative estimate of drug-likeness (QED) is 0.837. The first kappa shape index (κ1) is 18.2. The Kier molecular flexibility index (Phi) is 6.04. The SMILES string of the molecule is COc1c(CN)cc(Cl)cc1S(=O)(=O)NCCC(C)(C)C. The van der Waals surface area contributed by atoms with E-state index in [4.69, 9.17) is 22.1 Å². The fraction of sp³-hybridized carbons (Fsp3) is 0.571. The molecule has 0 bridgehead atoms. The van der Waals surface area contributed by atoms with E-state index >= 15 is 0 Å². The van der Waals surface area contributed by atoms with E-state index in [2.05, 4.69) is 4.72 Å². The molecule has 1 aromatic carbocycles. The molecule has 0 unspecified atom stereocenters. The first-order valence-corrected chi connectivity index (χ1v) is 8.53. The van der Waals surface area contributed by atoms with E-state index in [1.165, 1.54) is 13.2 Å². The van der Waals surface area contributed by atoms with E-state index in [1.807, 2.05) is 20.8 Å². The van der Waals surface area contributed by atoms with Gasteiger partial charge in [0.05, 0.1) is 7.11 Å². The van der Waals surface area contributed by atoms with Gasteiger partial charge in [0.25, 0.3) is 0 Å². The van der Waals surface area contributed by atoms with Gasteiger partial charge in [0.15, 0.2) is 0 Å². The highest BCUT2D eigenvalue weighted by Gasteiger charge is 2.23. The number of hydrogen-bond donors (Lipinski definition) is 2. The van der Waals surface area contributed by atoms with Crippen LogP contribution in [0.1, 0.15) is 32.8 Å². The van der Waals surface area contributed by atoms with Crippen LogP contribution in [0.15, 0.2) is 17.0 Å². The maximum Gasteiger partial charge on any atom is 0.244 e. The number of ether oxygens (including phenoxy) is 1. The maximum atomic E-state index is 12.4. The number of benzene rings is 1. The summed E-state index contributed by atoms with van der Waals surface area (Å²) < 4.78 is 32.6. The molecule has 0 radical (unpaired) electrons. The summed E-state index contributed by atoms with van der Waals surface area (Å²) in [5, 5.41) is 0.312. The molecule has 0 amide bonds. The molecule has 7 heteroatoms. The monoisotopic (exact) mass is 334 g/mol. The van der Waals surface area contributed by atoms with Crippen molar-refractivity contribution in [3.05, 3.63) is 22.7 Å². The van der Waals surface area contributed by atoms with Crippen molar-refractivity contribution in [2.45, 2.75) is 38.6 Å². The van der Waals surface area contributed by atoms with Gasteiger partial charge in [0.1, 0.15) is 10.6 Å². The average Bonchev–Trinajstić information content (AvgIpc) is 2.35. The van der Waals surface area contributed by atoms with Crippen LogP contribution in [0.2, 0.25) is 5.02 Å². The lowest BCUT2D eigenvalue weighted by atomic mass is 9.93. The minimum atomic E-state index is -3.70. The van der Waals surface area contributed by atoms with Gasteiger partial charge in [-0.1, -0.05) is 32.4 Å². The second-order valence-electron chi connectivity index (χ2n) is 6.01. The summed E-state index contributed by atoms with van der Waals surface area (Å²) in [6.07, 6.45) is 0.721. The molecule has 1 rings (SSSR count). The van der Waals surface area contributed by atoms with Crippen molar-refractivity contribution in [3.8, 4) is 5.75 Å². The van der Waals surface area contributed by atoms with Gasteiger partial charge >= 0.3 is 0 Å². The first-order chi connectivity index (χ1) is 9.60. The van der Waals surface area contributed by atoms with Crippen molar-refractivity contribution in [3.63, 3.8) is 0 Å². The Morgan fingerprint density at radius 1 is 1.33 bits per heavy atom. The van der Waals surface area contributed by atoms with Crippen LogP contribution in [0.4, 0.5) is 0 Å². The van der Waals surface area contributed by atoms with Gasteiger partial charge < -0.3 is 10.5 Å². The molecular weight excluding hydrogens is 312 g/mol. The highest BCUT2D eigenvalue weighted by atomic mass is 35.5. The van der Waals surface area contributed by atoms with E-state index in [-0.39, 0.29) is 22.6 Å². The summed E-state index contributed by atoms with van der Waals surface area (Å²) in [4.78, 5) is 0.0202. The average molecular weight is 335 g/mol. The molecule has 1 aromatic rings. The molecule has 0 aromatic heterocycles. The summed E-state index contributed by atoms with van der Waals surface area (Å²) in [6.45, 7) is 6.64. The minimum Gasteiger partial charge on any atom is -0.495 e. The Morgan fingerprint density at radius 2 is 1.95 bits per heavy atom. The predicted molar refractivity (Wildman–Crippen MR) is 85.2 cm³/mol. The molecule has 0 spiro atoms. The summed E-state index contributed by atoms with van der Waals surface area (Å²) in [7, 11) is -2.28. The molecule has 0 saturated carbocycles. The van der Waals surface area contributed by atoms with E-state index in [9.17, 15) is 8.42 Å². The number of methoxy groups -OCH3 is 1. The third-order valence-corrected chi connectivity index (χ3v) is 4.66. The molecule has 0 aliphatic carbocycles. The standard InChI is InChI=1S/C14H23ClN2O3S/c1-14(2,3)5-6-17-21(18,19)12-8-11(15)7-10(9-16)13(12)20-4/h7-8,17H,5-6,9,16H2,1-4H3. The van der Waals surface area contributed by atoms with Crippen molar-refractivity contribution >= 4 is 21.6 Å². The lowest BCUT2D eigenvalue weighted by Crippen LogP contribution is -2.28. The topological polar surface area (TPSA) is 81.4 Å². The Labute approximate surface area is 131 Å². The molecule has 21 heavy (non-hydrogen) atoms. The molecule has 0 fully saturated rings. The molecule has 0 atom stereocenters. The fourth-order valence-electron chi connectivity index (χ4n) is 1.84. The fourth-order valence-corrected chi connectivity index (χ4v) is 3.42. The van der Waals surface area contributed by atoms with Crippen molar-refractivity contribution in [2.24, 2.45) is 11.1 Å². The van der Waals surface area contributed by atoms with Crippen LogP contribution in [-0.4, -0.2) is 22.1 Å². The van der Waals surface area contributed by atoms with Crippen molar-refractivity contribution in [1.82, 2.24) is 4.72 Å². The first-order valence-electron chi connectivity index (χ1n) is 6.67. The molecule has 0 aliphatic rings.